The monoisotopic (exact) mass is 491 g/mol. The summed E-state index contributed by atoms with van der Waals surface area (Å²) < 4.78 is 17.3. The number of ether oxygens (including phenoxy) is 2. The second-order valence-corrected chi connectivity index (χ2v) is 7.07. The molecule has 0 radical (unpaired) electrons. The van der Waals surface area contributed by atoms with Gasteiger partial charge in [0.2, 0.25) is 0 Å². The van der Waals surface area contributed by atoms with Crippen LogP contribution < -0.4 is 5.32 Å². The molecule has 2 aliphatic rings. The van der Waals surface area contributed by atoms with Gasteiger partial charge in [-0.1, -0.05) is 0 Å². The van der Waals surface area contributed by atoms with Crippen LogP contribution in [0.2, 0.25) is 0 Å². The van der Waals surface area contributed by atoms with Crippen LogP contribution in [0, 0.1) is 0 Å². The zero-order valence-electron chi connectivity index (χ0n) is 16.4. The topological polar surface area (TPSA) is 59.2 Å². The van der Waals surface area contributed by atoms with Crippen molar-refractivity contribution in [2.24, 2.45) is 4.99 Å². The fraction of sp³-hybridized carbons (Fsp3) is 0.750. The summed E-state index contributed by atoms with van der Waals surface area (Å²) in [6.45, 7) is 7.36. The maximum Gasteiger partial charge on any atom is 0.193 e. The van der Waals surface area contributed by atoms with Crippen molar-refractivity contribution < 1.29 is 13.9 Å². The summed E-state index contributed by atoms with van der Waals surface area (Å²) in [7, 11) is 0. The third-order valence-electron chi connectivity index (χ3n) is 5.07. The van der Waals surface area contributed by atoms with Gasteiger partial charge in [0.25, 0.3) is 0 Å². The van der Waals surface area contributed by atoms with Crippen LogP contribution in [0.1, 0.15) is 44.8 Å². The number of rotatable bonds is 7. The maximum absolute atomic E-state index is 6.12. The number of nitrogens with one attached hydrogen (secondary N) is 1. The molecule has 1 aromatic heterocycles. The van der Waals surface area contributed by atoms with Crippen LogP contribution in [0.5, 0.6) is 0 Å². The SMILES string of the molecule is CCNC(=NCCc1ccco1)N1CCC(OCC2CCCCO2)CC1.I. The summed E-state index contributed by atoms with van der Waals surface area (Å²) in [5, 5.41) is 3.42. The molecule has 1 atom stereocenters. The second-order valence-electron chi connectivity index (χ2n) is 7.07. The molecule has 3 heterocycles. The molecule has 0 spiro atoms. The second kappa shape index (κ2) is 12.6. The molecule has 2 aliphatic heterocycles. The molecule has 1 N–H and O–H groups in total. The van der Waals surface area contributed by atoms with Gasteiger partial charge >= 0.3 is 0 Å². The van der Waals surface area contributed by atoms with Gasteiger partial charge in [0.05, 0.1) is 25.1 Å². The van der Waals surface area contributed by atoms with Gasteiger partial charge in [-0.2, -0.15) is 0 Å². The van der Waals surface area contributed by atoms with E-state index < -0.39 is 0 Å². The van der Waals surface area contributed by atoms with E-state index in [1.54, 1.807) is 6.26 Å². The highest BCUT2D eigenvalue weighted by molar-refractivity contribution is 14.0. The zero-order chi connectivity index (χ0) is 18.0. The van der Waals surface area contributed by atoms with Crippen molar-refractivity contribution in [3.8, 4) is 0 Å². The van der Waals surface area contributed by atoms with Crippen LogP contribution in [0.15, 0.2) is 27.8 Å². The highest BCUT2D eigenvalue weighted by Gasteiger charge is 2.23. The molecule has 27 heavy (non-hydrogen) atoms. The molecule has 0 aromatic carbocycles. The fourth-order valence-corrected chi connectivity index (χ4v) is 3.57. The minimum Gasteiger partial charge on any atom is -0.469 e. The average molecular weight is 491 g/mol. The zero-order valence-corrected chi connectivity index (χ0v) is 18.7. The summed E-state index contributed by atoms with van der Waals surface area (Å²) in [6, 6.07) is 3.93. The van der Waals surface area contributed by atoms with Gasteiger partial charge < -0.3 is 24.1 Å². The van der Waals surface area contributed by atoms with E-state index in [1.807, 2.05) is 12.1 Å². The van der Waals surface area contributed by atoms with Gasteiger partial charge in [0.15, 0.2) is 5.96 Å². The molecule has 3 rings (SSSR count). The van der Waals surface area contributed by atoms with E-state index in [1.165, 1.54) is 12.8 Å². The minimum atomic E-state index is 0. The first-order valence-electron chi connectivity index (χ1n) is 10.1. The third kappa shape index (κ3) is 7.62. The summed E-state index contributed by atoms with van der Waals surface area (Å²) in [4.78, 5) is 7.12. The lowest BCUT2D eigenvalue weighted by atomic mass is 10.1. The van der Waals surface area contributed by atoms with Crippen molar-refractivity contribution in [2.75, 3.05) is 39.4 Å². The van der Waals surface area contributed by atoms with Crippen LogP contribution in [-0.2, 0) is 15.9 Å². The van der Waals surface area contributed by atoms with Gasteiger partial charge in [0, 0.05) is 39.2 Å². The average Bonchev–Trinajstić information content (AvgIpc) is 3.20. The Bertz CT molecular complexity index is 525. The molecular formula is C20H34IN3O3. The molecule has 1 unspecified atom stereocenters. The van der Waals surface area contributed by atoms with Gasteiger partial charge in [-0.15, -0.1) is 24.0 Å². The summed E-state index contributed by atoms with van der Waals surface area (Å²) in [5.41, 5.74) is 0. The van der Waals surface area contributed by atoms with E-state index in [0.717, 1.165) is 76.8 Å². The minimum absolute atomic E-state index is 0. The molecule has 0 aliphatic carbocycles. The Hall–Kier alpha value is -0.800. The third-order valence-corrected chi connectivity index (χ3v) is 5.07. The maximum atomic E-state index is 6.12. The van der Waals surface area contributed by atoms with Crippen LogP contribution in [0.4, 0.5) is 0 Å². The quantitative estimate of drug-likeness (QED) is 0.360. The molecule has 0 amide bonds. The molecular weight excluding hydrogens is 457 g/mol. The highest BCUT2D eigenvalue weighted by Crippen LogP contribution is 2.18. The summed E-state index contributed by atoms with van der Waals surface area (Å²) in [5.74, 6) is 2.00. The lowest BCUT2D eigenvalue weighted by molar-refractivity contribution is -0.0721. The lowest BCUT2D eigenvalue weighted by Gasteiger charge is -2.35. The first-order valence-corrected chi connectivity index (χ1v) is 10.1. The molecule has 7 heteroatoms. The standard InChI is InChI=1S/C20H33N3O3.HI/c1-2-21-20(22-11-8-17-7-5-15-24-17)23-12-9-18(10-13-23)26-16-19-6-3-4-14-25-19;/h5,7,15,18-19H,2-4,6,8-14,16H2,1H3,(H,21,22);1H. The number of guanidine groups is 1. The molecule has 2 saturated heterocycles. The number of hydrogen-bond donors (Lipinski definition) is 1. The molecule has 0 bridgehead atoms. The Morgan fingerprint density at radius 2 is 2.15 bits per heavy atom. The van der Waals surface area contributed by atoms with Gasteiger partial charge in [-0.3, -0.25) is 4.99 Å². The first-order chi connectivity index (χ1) is 12.8. The molecule has 154 valence electrons. The van der Waals surface area contributed by atoms with Gasteiger partial charge in [0.1, 0.15) is 5.76 Å². The smallest absolute Gasteiger partial charge is 0.193 e. The molecule has 6 nitrogen and oxygen atoms in total. The van der Waals surface area contributed by atoms with Crippen molar-refractivity contribution in [3.63, 3.8) is 0 Å². The fourth-order valence-electron chi connectivity index (χ4n) is 3.57. The number of nitrogens with zero attached hydrogens (tertiary/aromatic N) is 2. The Labute approximate surface area is 180 Å². The largest absolute Gasteiger partial charge is 0.469 e. The number of hydrogen-bond acceptors (Lipinski definition) is 4. The number of likely N-dealkylation sites (tertiary alicyclic amines) is 1. The van der Waals surface area contributed by atoms with Gasteiger partial charge in [-0.05, 0) is 51.2 Å². The van der Waals surface area contributed by atoms with Crippen LogP contribution in [0.3, 0.4) is 0 Å². The number of aliphatic imine (C=N–C) groups is 1. The van der Waals surface area contributed by atoms with Crippen molar-refractivity contribution in [1.82, 2.24) is 10.2 Å². The van der Waals surface area contributed by atoms with Crippen LogP contribution in [0.25, 0.3) is 0 Å². The number of piperidine rings is 1. The van der Waals surface area contributed by atoms with E-state index in [4.69, 9.17) is 18.9 Å². The lowest BCUT2D eigenvalue weighted by Crippen LogP contribution is -2.47. The van der Waals surface area contributed by atoms with Crippen molar-refractivity contribution >= 4 is 29.9 Å². The Kier molecular flexibility index (Phi) is 10.5. The van der Waals surface area contributed by atoms with Crippen molar-refractivity contribution in [2.45, 2.75) is 57.7 Å². The Balaban J connectivity index is 0.00000261. The van der Waals surface area contributed by atoms with Crippen molar-refractivity contribution in [1.29, 1.82) is 0 Å². The molecule has 1 aromatic rings. The summed E-state index contributed by atoms with van der Waals surface area (Å²) >= 11 is 0. The predicted molar refractivity (Wildman–Crippen MR) is 118 cm³/mol. The first kappa shape index (κ1) is 22.5. The van der Waals surface area contributed by atoms with E-state index in [9.17, 15) is 0 Å². The molecule has 0 saturated carbocycles. The van der Waals surface area contributed by atoms with E-state index in [2.05, 4.69) is 17.1 Å². The Morgan fingerprint density at radius 1 is 1.30 bits per heavy atom. The van der Waals surface area contributed by atoms with E-state index in [-0.39, 0.29) is 24.0 Å². The predicted octanol–water partition coefficient (Wildman–Crippen LogP) is 3.46. The van der Waals surface area contributed by atoms with E-state index >= 15 is 0 Å². The highest BCUT2D eigenvalue weighted by atomic mass is 127. The number of halogens is 1. The summed E-state index contributed by atoms with van der Waals surface area (Å²) in [6.07, 6.45) is 8.92. The number of furan rings is 1. The molecule has 2 fully saturated rings. The van der Waals surface area contributed by atoms with Crippen molar-refractivity contribution in [3.05, 3.63) is 24.2 Å². The van der Waals surface area contributed by atoms with Crippen LogP contribution >= 0.6 is 24.0 Å². The normalized spacial score (nSPS) is 21.7. The van der Waals surface area contributed by atoms with Gasteiger partial charge in [-0.25, -0.2) is 0 Å². The Morgan fingerprint density at radius 3 is 2.81 bits per heavy atom. The van der Waals surface area contributed by atoms with Crippen LogP contribution in [-0.4, -0.2) is 62.5 Å². The van der Waals surface area contributed by atoms with E-state index in [0.29, 0.717) is 12.2 Å².